The van der Waals surface area contributed by atoms with Gasteiger partial charge in [-0.05, 0) is 68.3 Å². The molecule has 5 rings (SSSR count). The Morgan fingerprint density at radius 1 is 1.26 bits per heavy atom. The lowest BCUT2D eigenvalue weighted by atomic mass is 9.98. The van der Waals surface area contributed by atoms with Crippen LogP contribution in [-0.2, 0) is 7.05 Å². The van der Waals surface area contributed by atoms with Crippen molar-refractivity contribution < 1.29 is 8.81 Å². The number of aromatic nitrogens is 4. The Morgan fingerprint density at radius 3 is 2.81 bits per heavy atom. The van der Waals surface area contributed by atoms with Crippen molar-refractivity contribution in [1.29, 1.82) is 0 Å². The van der Waals surface area contributed by atoms with E-state index in [0.29, 0.717) is 17.1 Å². The minimum absolute atomic E-state index is 0. The summed E-state index contributed by atoms with van der Waals surface area (Å²) in [5, 5.41) is 9.48. The maximum atomic E-state index is 13.2. The van der Waals surface area contributed by atoms with E-state index in [1.54, 1.807) is 23.9 Å². The molecule has 0 bridgehead atoms. The highest BCUT2D eigenvalue weighted by atomic mass is 35.5. The second kappa shape index (κ2) is 8.92. The number of oxazole rings is 1. The van der Waals surface area contributed by atoms with E-state index in [1.165, 1.54) is 37.9 Å². The number of thioether (sulfide) groups is 1. The van der Waals surface area contributed by atoms with Gasteiger partial charge in [0.2, 0.25) is 5.82 Å². The molecule has 1 aliphatic carbocycles. The number of hydrogen-bond donors (Lipinski definition) is 0. The summed E-state index contributed by atoms with van der Waals surface area (Å²) in [5.74, 6) is 2.86. The van der Waals surface area contributed by atoms with Gasteiger partial charge in [-0.1, -0.05) is 23.9 Å². The standard InChI is InChI=1S/C22H26FN5OS.ClH/c1-15-19(29-14-24-15)20-25-26-21(27(20)2)30-11-3-9-28-10-8-22(13-28)12-18(22)16-4-6-17(23)7-5-16;/h4-7,14,18H,3,8-13H2,1-2H3;1H. The van der Waals surface area contributed by atoms with E-state index in [4.69, 9.17) is 4.42 Å². The van der Waals surface area contributed by atoms with E-state index in [-0.39, 0.29) is 18.2 Å². The Bertz CT molecular complexity index is 1040. The summed E-state index contributed by atoms with van der Waals surface area (Å²) >= 11 is 1.73. The van der Waals surface area contributed by atoms with Gasteiger partial charge >= 0.3 is 0 Å². The van der Waals surface area contributed by atoms with Gasteiger partial charge in [-0.2, -0.15) is 0 Å². The van der Waals surface area contributed by atoms with Crippen LogP contribution in [0.5, 0.6) is 0 Å². The van der Waals surface area contributed by atoms with Crippen molar-refractivity contribution in [2.45, 2.75) is 37.3 Å². The molecule has 0 radical (unpaired) electrons. The lowest BCUT2D eigenvalue weighted by Gasteiger charge is -2.16. The molecule has 1 aliphatic heterocycles. The van der Waals surface area contributed by atoms with Crippen LogP contribution in [0.2, 0.25) is 0 Å². The first-order chi connectivity index (χ1) is 14.6. The summed E-state index contributed by atoms with van der Waals surface area (Å²) in [5.41, 5.74) is 2.55. The monoisotopic (exact) mass is 463 g/mol. The summed E-state index contributed by atoms with van der Waals surface area (Å²) in [7, 11) is 1.96. The third-order valence-electron chi connectivity index (χ3n) is 6.56. The van der Waals surface area contributed by atoms with Crippen molar-refractivity contribution in [3.05, 3.63) is 47.7 Å². The predicted molar refractivity (Wildman–Crippen MR) is 121 cm³/mol. The topological polar surface area (TPSA) is 60.0 Å². The molecule has 0 N–H and O–H groups in total. The van der Waals surface area contributed by atoms with Crippen LogP contribution in [0.1, 0.15) is 36.4 Å². The zero-order valence-corrected chi connectivity index (χ0v) is 19.4. The van der Waals surface area contributed by atoms with Crippen LogP contribution in [0, 0.1) is 18.2 Å². The number of benzene rings is 1. The summed E-state index contributed by atoms with van der Waals surface area (Å²) in [4.78, 5) is 6.72. The zero-order chi connectivity index (χ0) is 20.7. The molecule has 1 saturated heterocycles. The first kappa shape index (κ1) is 22.3. The molecule has 9 heteroatoms. The van der Waals surface area contributed by atoms with Crippen molar-refractivity contribution in [1.82, 2.24) is 24.6 Å². The van der Waals surface area contributed by atoms with Gasteiger partial charge in [0.1, 0.15) is 5.82 Å². The average molecular weight is 464 g/mol. The summed E-state index contributed by atoms with van der Waals surface area (Å²) in [6.07, 6.45) is 5.05. The molecular weight excluding hydrogens is 437 g/mol. The van der Waals surface area contributed by atoms with Crippen molar-refractivity contribution in [3.63, 3.8) is 0 Å². The summed E-state index contributed by atoms with van der Waals surface area (Å²) in [6, 6.07) is 7.10. The zero-order valence-electron chi connectivity index (χ0n) is 17.8. The van der Waals surface area contributed by atoms with Crippen LogP contribution in [0.3, 0.4) is 0 Å². The van der Waals surface area contributed by atoms with Crippen LogP contribution < -0.4 is 0 Å². The largest absolute Gasteiger partial charge is 0.440 e. The number of aryl methyl sites for hydroxylation is 1. The molecule has 3 heterocycles. The molecule has 1 saturated carbocycles. The van der Waals surface area contributed by atoms with Gasteiger partial charge in [0.15, 0.2) is 17.3 Å². The predicted octanol–water partition coefficient (Wildman–Crippen LogP) is 4.70. The Kier molecular flexibility index (Phi) is 6.42. The molecular formula is C22H27ClFN5OS. The van der Waals surface area contributed by atoms with Gasteiger partial charge in [-0.15, -0.1) is 22.6 Å². The van der Waals surface area contributed by atoms with E-state index >= 15 is 0 Å². The van der Waals surface area contributed by atoms with E-state index < -0.39 is 0 Å². The number of nitrogens with zero attached hydrogens (tertiary/aromatic N) is 5. The highest BCUT2D eigenvalue weighted by molar-refractivity contribution is 7.99. The number of rotatable bonds is 7. The quantitative estimate of drug-likeness (QED) is 0.374. The second-order valence-electron chi connectivity index (χ2n) is 8.53. The van der Waals surface area contributed by atoms with Crippen molar-refractivity contribution in [2.75, 3.05) is 25.4 Å². The van der Waals surface area contributed by atoms with Gasteiger partial charge < -0.3 is 13.9 Å². The lowest BCUT2D eigenvalue weighted by Crippen LogP contribution is -2.23. The molecule has 31 heavy (non-hydrogen) atoms. The molecule has 1 spiro atoms. The van der Waals surface area contributed by atoms with E-state index in [2.05, 4.69) is 20.1 Å². The SMILES string of the molecule is Cc1ncoc1-c1nnc(SCCCN2CCC3(CC3c3ccc(F)cc3)C2)n1C.Cl. The first-order valence-corrected chi connectivity index (χ1v) is 11.4. The average Bonchev–Trinajstić information content (AvgIpc) is 3.03. The Hall–Kier alpha value is -1.90. The molecule has 2 aliphatic rings. The van der Waals surface area contributed by atoms with E-state index in [9.17, 15) is 4.39 Å². The number of halogens is 2. The van der Waals surface area contributed by atoms with E-state index in [0.717, 1.165) is 35.4 Å². The first-order valence-electron chi connectivity index (χ1n) is 10.5. The molecule has 3 aromatic rings. The van der Waals surface area contributed by atoms with Gasteiger partial charge in [-0.25, -0.2) is 9.37 Å². The molecule has 2 fully saturated rings. The fourth-order valence-corrected chi connectivity index (χ4v) is 5.58. The number of likely N-dealkylation sites (tertiary alicyclic amines) is 1. The van der Waals surface area contributed by atoms with Crippen molar-refractivity contribution in [3.8, 4) is 11.6 Å². The lowest BCUT2D eigenvalue weighted by molar-refractivity contribution is 0.319. The maximum Gasteiger partial charge on any atom is 0.202 e. The van der Waals surface area contributed by atoms with Crippen molar-refractivity contribution in [2.24, 2.45) is 12.5 Å². The fraction of sp³-hybridized carbons (Fsp3) is 0.500. The maximum absolute atomic E-state index is 13.2. The van der Waals surface area contributed by atoms with Crippen LogP contribution >= 0.6 is 24.2 Å². The Labute approximate surface area is 192 Å². The third kappa shape index (κ3) is 4.38. The van der Waals surface area contributed by atoms with Gasteiger partial charge in [0, 0.05) is 19.3 Å². The second-order valence-corrected chi connectivity index (χ2v) is 9.59. The smallest absolute Gasteiger partial charge is 0.202 e. The molecule has 0 amide bonds. The molecule has 2 unspecified atom stereocenters. The highest BCUT2D eigenvalue weighted by Gasteiger charge is 2.57. The number of hydrogen-bond acceptors (Lipinski definition) is 6. The minimum atomic E-state index is -0.148. The van der Waals surface area contributed by atoms with Crippen LogP contribution in [0.4, 0.5) is 4.39 Å². The van der Waals surface area contributed by atoms with Crippen LogP contribution in [0.25, 0.3) is 11.6 Å². The molecule has 6 nitrogen and oxygen atoms in total. The van der Waals surface area contributed by atoms with Gasteiger partial charge in [0.05, 0.1) is 5.69 Å². The summed E-state index contributed by atoms with van der Waals surface area (Å²) in [6.45, 7) is 5.35. The van der Waals surface area contributed by atoms with Gasteiger partial charge in [0.25, 0.3) is 0 Å². The Balaban J connectivity index is 0.00000231. The van der Waals surface area contributed by atoms with Crippen LogP contribution in [-0.4, -0.2) is 50.0 Å². The third-order valence-corrected chi connectivity index (χ3v) is 7.67. The minimum Gasteiger partial charge on any atom is -0.440 e. The molecule has 1 aromatic carbocycles. The van der Waals surface area contributed by atoms with E-state index in [1.807, 2.05) is 30.7 Å². The fourth-order valence-electron chi connectivity index (χ4n) is 4.75. The molecule has 2 aromatic heterocycles. The Morgan fingerprint density at radius 2 is 2.06 bits per heavy atom. The normalized spacial score (nSPS) is 22.7. The molecule has 166 valence electrons. The van der Waals surface area contributed by atoms with Crippen LogP contribution in [0.15, 0.2) is 40.2 Å². The molecule has 2 atom stereocenters. The highest BCUT2D eigenvalue weighted by Crippen LogP contribution is 2.64. The van der Waals surface area contributed by atoms with Gasteiger partial charge in [-0.3, -0.25) is 0 Å². The van der Waals surface area contributed by atoms with Crippen molar-refractivity contribution >= 4 is 24.2 Å². The summed E-state index contributed by atoms with van der Waals surface area (Å²) < 4.78 is 20.6.